The van der Waals surface area contributed by atoms with E-state index in [-0.39, 0.29) is 12.6 Å². The highest BCUT2D eigenvalue weighted by Crippen LogP contribution is 2.37. The first-order valence-corrected chi connectivity index (χ1v) is 13.1. The monoisotopic (exact) mass is 522 g/mol. The highest BCUT2D eigenvalue weighted by Gasteiger charge is 2.39. The van der Waals surface area contributed by atoms with Crippen LogP contribution in [0.5, 0.6) is 0 Å². The molecule has 1 amide bonds. The van der Waals surface area contributed by atoms with Gasteiger partial charge in [0.1, 0.15) is 12.6 Å². The van der Waals surface area contributed by atoms with E-state index in [2.05, 4.69) is 47.0 Å². The Morgan fingerprint density at radius 1 is 0.718 bits per heavy atom. The summed E-state index contributed by atoms with van der Waals surface area (Å²) in [6.45, 7) is 0.560. The van der Waals surface area contributed by atoms with E-state index in [9.17, 15) is 9.59 Å². The molecule has 0 radical (unpaired) electrons. The van der Waals surface area contributed by atoms with Crippen LogP contribution in [-0.4, -0.2) is 31.8 Å². The van der Waals surface area contributed by atoms with Gasteiger partial charge < -0.3 is 14.8 Å². The summed E-state index contributed by atoms with van der Waals surface area (Å²) in [7, 11) is 1.39. The minimum Gasteiger partial charge on any atom is -0.468 e. The van der Waals surface area contributed by atoms with Gasteiger partial charge in [-0.2, -0.15) is 0 Å². The van der Waals surface area contributed by atoms with E-state index in [1.54, 1.807) is 0 Å². The normalized spacial score (nSPS) is 11.8. The summed E-state index contributed by atoms with van der Waals surface area (Å²) < 4.78 is 10.5. The van der Waals surface area contributed by atoms with E-state index in [1.807, 2.05) is 84.9 Å². The SMILES string of the molecule is COC(=O)C(CCCNC(=O)OCc1ccccc1)NC(c1ccccc1)(c1ccccc1)c1ccccc1. The van der Waals surface area contributed by atoms with Crippen molar-refractivity contribution in [3.8, 4) is 0 Å². The molecule has 0 fully saturated rings. The van der Waals surface area contributed by atoms with Gasteiger partial charge in [-0.1, -0.05) is 121 Å². The van der Waals surface area contributed by atoms with E-state index in [4.69, 9.17) is 9.47 Å². The number of carbonyl (C=O) groups excluding carboxylic acids is 2. The van der Waals surface area contributed by atoms with Gasteiger partial charge in [0.15, 0.2) is 0 Å². The van der Waals surface area contributed by atoms with Gasteiger partial charge in [0.05, 0.1) is 12.6 Å². The third-order valence-electron chi connectivity index (χ3n) is 6.65. The van der Waals surface area contributed by atoms with Crippen LogP contribution in [0.25, 0.3) is 0 Å². The highest BCUT2D eigenvalue weighted by atomic mass is 16.5. The molecule has 0 aromatic heterocycles. The minimum atomic E-state index is -0.815. The summed E-state index contributed by atoms with van der Waals surface area (Å²) in [5, 5.41) is 6.47. The summed E-state index contributed by atoms with van der Waals surface area (Å²) in [6, 6.07) is 39.1. The Kier molecular flexibility index (Phi) is 9.86. The smallest absolute Gasteiger partial charge is 0.407 e. The van der Waals surface area contributed by atoms with Crippen LogP contribution in [0, 0.1) is 0 Å². The Morgan fingerprint density at radius 3 is 1.64 bits per heavy atom. The van der Waals surface area contributed by atoms with Crippen molar-refractivity contribution < 1.29 is 19.1 Å². The molecule has 4 aromatic rings. The second-order valence-corrected chi connectivity index (χ2v) is 9.20. The Hall–Kier alpha value is -4.42. The predicted molar refractivity (Wildman–Crippen MR) is 152 cm³/mol. The van der Waals surface area contributed by atoms with Gasteiger partial charge in [-0.05, 0) is 35.1 Å². The van der Waals surface area contributed by atoms with E-state index in [1.165, 1.54) is 7.11 Å². The van der Waals surface area contributed by atoms with Gasteiger partial charge in [-0.3, -0.25) is 10.1 Å². The molecule has 0 bridgehead atoms. The Labute approximate surface area is 230 Å². The first-order valence-electron chi connectivity index (χ1n) is 13.1. The molecule has 0 aliphatic heterocycles. The van der Waals surface area contributed by atoms with Crippen LogP contribution in [0.4, 0.5) is 4.79 Å². The first kappa shape index (κ1) is 27.6. The lowest BCUT2D eigenvalue weighted by molar-refractivity contribution is -0.143. The second-order valence-electron chi connectivity index (χ2n) is 9.20. The zero-order valence-electron chi connectivity index (χ0n) is 22.1. The topological polar surface area (TPSA) is 76.7 Å². The number of methoxy groups -OCH3 is 1. The lowest BCUT2D eigenvalue weighted by atomic mass is 9.76. The largest absolute Gasteiger partial charge is 0.468 e. The fourth-order valence-electron chi connectivity index (χ4n) is 4.74. The van der Waals surface area contributed by atoms with E-state index in [0.717, 1.165) is 22.3 Å². The number of rotatable bonds is 12. The molecule has 200 valence electrons. The van der Waals surface area contributed by atoms with Gasteiger partial charge in [0.25, 0.3) is 0 Å². The van der Waals surface area contributed by atoms with Crippen molar-refractivity contribution in [2.24, 2.45) is 0 Å². The molecule has 6 nitrogen and oxygen atoms in total. The van der Waals surface area contributed by atoms with Gasteiger partial charge in [-0.25, -0.2) is 4.79 Å². The molecule has 0 aliphatic carbocycles. The number of ether oxygens (including phenoxy) is 2. The lowest BCUT2D eigenvalue weighted by Crippen LogP contribution is -2.53. The molecule has 0 heterocycles. The summed E-state index contributed by atoms with van der Waals surface area (Å²) in [5.41, 5.74) is 3.10. The predicted octanol–water partition coefficient (Wildman–Crippen LogP) is 5.82. The number of carbonyl (C=O) groups is 2. The van der Waals surface area contributed by atoms with Crippen molar-refractivity contribution in [2.45, 2.75) is 31.0 Å². The van der Waals surface area contributed by atoms with Gasteiger partial charge in [0.2, 0.25) is 0 Å². The van der Waals surface area contributed by atoms with Crippen LogP contribution in [-0.2, 0) is 26.4 Å². The van der Waals surface area contributed by atoms with Crippen LogP contribution < -0.4 is 10.6 Å². The molecule has 0 aliphatic rings. The zero-order valence-corrected chi connectivity index (χ0v) is 22.1. The molecule has 0 spiro atoms. The summed E-state index contributed by atoms with van der Waals surface area (Å²) in [4.78, 5) is 25.3. The molecule has 39 heavy (non-hydrogen) atoms. The number of hydrogen-bond donors (Lipinski definition) is 2. The van der Waals surface area contributed by atoms with E-state index in [0.29, 0.717) is 19.4 Å². The lowest BCUT2D eigenvalue weighted by Gasteiger charge is -2.39. The van der Waals surface area contributed by atoms with Crippen molar-refractivity contribution in [1.82, 2.24) is 10.6 Å². The Balaban J connectivity index is 1.53. The molecule has 4 aromatic carbocycles. The number of nitrogens with one attached hydrogen (secondary N) is 2. The molecule has 1 atom stereocenters. The standard InChI is InChI=1S/C33H34N2O4/c1-38-31(36)30(23-14-24-34-32(37)39-25-26-15-6-2-7-16-26)35-33(27-17-8-3-9-18-27,28-19-10-4-11-20-28)29-21-12-5-13-22-29/h2-13,15-22,30,35H,14,23-25H2,1H3,(H,34,37). The minimum absolute atomic E-state index is 0.201. The number of esters is 1. The van der Waals surface area contributed by atoms with Crippen LogP contribution in [0.2, 0.25) is 0 Å². The maximum atomic E-state index is 13.1. The van der Waals surface area contributed by atoms with Crippen LogP contribution >= 0.6 is 0 Å². The molecular formula is C33H34N2O4. The fourth-order valence-corrected chi connectivity index (χ4v) is 4.74. The molecule has 0 saturated heterocycles. The average Bonchev–Trinajstić information content (AvgIpc) is 3.01. The van der Waals surface area contributed by atoms with Gasteiger partial charge in [-0.15, -0.1) is 0 Å². The van der Waals surface area contributed by atoms with Crippen molar-refractivity contribution in [3.63, 3.8) is 0 Å². The number of hydrogen-bond acceptors (Lipinski definition) is 5. The highest BCUT2D eigenvalue weighted by molar-refractivity contribution is 5.76. The van der Waals surface area contributed by atoms with Crippen LogP contribution in [0.1, 0.15) is 35.1 Å². The fraction of sp³-hybridized carbons (Fsp3) is 0.212. The summed E-state index contributed by atoms with van der Waals surface area (Å²) in [5.74, 6) is -0.367. The number of amides is 1. The van der Waals surface area contributed by atoms with Crippen LogP contribution in [0.15, 0.2) is 121 Å². The van der Waals surface area contributed by atoms with Crippen molar-refractivity contribution in [3.05, 3.63) is 144 Å². The van der Waals surface area contributed by atoms with E-state index >= 15 is 0 Å². The number of benzene rings is 4. The zero-order chi connectivity index (χ0) is 27.3. The molecule has 6 heteroatoms. The van der Waals surface area contributed by atoms with Gasteiger partial charge >= 0.3 is 12.1 Å². The van der Waals surface area contributed by atoms with Crippen LogP contribution in [0.3, 0.4) is 0 Å². The summed E-state index contributed by atoms with van der Waals surface area (Å²) >= 11 is 0. The maximum Gasteiger partial charge on any atom is 0.407 e. The molecule has 0 saturated carbocycles. The molecular weight excluding hydrogens is 488 g/mol. The van der Waals surface area contributed by atoms with Crippen molar-refractivity contribution in [2.75, 3.05) is 13.7 Å². The first-order chi connectivity index (χ1) is 19.1. The molecule has 1 unspecified atom stereocenters. The van der Waals surface area contributed by atoms with E-state index < -0.39 is 17.7 Å². The van der Waals surface area contributed by atoms with Crippen molar-refractivity contribution >= 4 is 12.1 Å². The maximum absolute atomic E-state index is 13.1. The van der Waals surface area contributed by atoms with Crippen molar-refractivity contribution in [1.29, 1.82) is 0 Å². The molecule has 2 N–H and O–H groups in total. The van der Waals surface area contributed by atoms with Gasteiger partial charge in [0, 0.05) is 6.54 Å². The number of alkyl carbamates (subject to hydrolysis) is 1. The molecule has 4 rings (SSSR count). The third-order valence-corrected chi connectivity index (χ3v) is 6.65. The average molecular weight is 523 g/mol. The Bertz CT molecular complexity index is 1200. The second kappa shape index (κ2) is 13.9. The quantitative estimate of drug-likeness (QED) is 0.139. The third kappa shape index (κ3) is 7.12. The summed E-state index contributed by atoms with van der Waals surface area (Å²) in [6.07, 6.45) is 0.496. The Morgan fingerprint density at radius 2 is 1.18 bits per heavy atom.